The quantitative estimate of drug-likeness (QED) is 0.696. The third kappa shape index (κ3) is 4.49. The summed E-state index contributed by atoms with van der Waals surface area (Å²) >= 11 is 6.99. The number of carbonyl (C=O) groups is 1. The summed E-state index contributed by atoms with van der Waals surface area (Å²) in [4.78, 5) is 28.7. The van der Waals surface area contributed by atoms with Crippen LogP contribution in [0.4, 0.5) is 5.69 Å². The van der Waals surface area contributed by atoms with E-state index in [1.165, 1.54) is 4.57 Å². The van der Waals surface area contributed by atoms with Crippen LogP contribution in [0, 0.1) is 0 Å². The van der Waals surface area contributed by atoms with Gasteiger partial charge in [0.15, 0.2) is 5.03 Å². The molecule has 0 atom stereocenters. The Bertz CT molecular complexity index is 944. The number of amides is 1. The third-order valence-electron chi connectivity index (χ3n) is 3.29. The number of nitrogens with zero attached hydrogens (tertiary/aromatic N) is 2. The molecule has 0 saturated heterocycles. The molecule has 3 rings (SSSR count). The number of nitrogens with one attached hydrogen (secondary N) is 1. The van der Waals surface area contributed by atoms with Gasteiger partial charge < -0.3 is 5.32 Å². The number of thioether (sulfide) groups is 1. The van der Waals surface area contributed by atoms with E-state index in [1.54, 1.807) is 36.7 Å². The zero-order valence-electron chi connectivity index (χ0n) is 13.1. The van der Waals surface area contributed by atoms with Gasteiger partial charge in [-0.25, -0.2) is 4.98 Å². The molecule has 0 fully saturated rings. The van der Waals surface area contributed by atoms with E-state index in [4.69, 9.17) is 11.6 Å². The number of carbonyl (C=O) groups excluding carboxylic acids is 1. The predicted octanol–water partition coefficient (Wildman–Crippen LogP) is 3.62. The van der Waals surface area contributed by atoms with Gasteiger partial charge in [0.2, 0.25) is 5.91 Å². The minimum absolute atomic E-state index is 0.0769. The van der Waals surface area contributed by atoms with Gasteiger partial charge in [-0.15, -0.1) is 0 Å². The summed E-state index contributed by atoms with van der Waals surface area (Å²) in [5.74, 6) is -0.156. The lowest BCUT2D eigenvalue weighted by Crippen LogP contribution is -2.22. The summed E-state index contributed by atoms with van der Waals surface area (Å²) in [6, 6.07) is 16.1. The standard InChI is InChI=1S/C18H14ClN3O2S/c19-13-5-4-6-14(11-13)21-16(23)12-25-17-18(24)22(10-9-20-17)15-7-2-1-3-8-15/h1-11H,12H2,(H,21,23). The minimum Gasteiger partial charge on any atom is -0.325 e. The van der Waals surface area contributed by atoms with Crippen molar-refractivity contribution in [3.8, 4) is 5.69 Å². The summed E-state index contributed by atoms with van der Waals surface area (Å²) in [6.07, 6.45) is 3.15. The molecule has 0 spiro atoms. The van der Waals surface area contributed by atoms with Crippen molar-refractivity contribution in [2.45, 2.75) is 5.03 Å². The van der Waals surface area contributed by atoms with Crippen molar-refractivity contribution < 1.29 is 4.79 Å². The Labute approximate surface area is 153 Å². The van der Waals surface area contributed by atoms with Crippen molar-refractivity contribution in [1.29, 1.82) is 0 Å². The fourth-order valence-electron chi connectivity index (χ4n) is 2.18. The van der Waals surface area contributed by atoms with Crippen LogP contribution in [0.15, 0.2) is 76.8 Å². The Morgan fingerprint density at radius 1 is 1.16 bits per heavy atom. The van der Waals surface area contributed by atoms with Crippen molar-refractivity contribution in [2.24, 2.45) is 0 Å². The molecule has 5 nitrogen and oxygen atoms in total. The van der Waals surface area contributed by atoms with Gasteiger partial charge in [0, 0.05) is 28.8 Å². The molecule has 3 aromatic rings. The molecule has 7 heteroatoms. The van der Waals surface area contributed by atoms with Crippen molar-refractivity contribution >= 4 is 35.0 Å². The molecule has 1 aromatic heterocycles. The number of aromatic nitrogens is 2. The van der Waals surface area contributed by atoms with Gasteiger partial charge in [-0.2, -0.15) is 0 Å². The van der Waals surface area contributed by atoms with Gasteiger partial charge in [0.25, 0.3) is 5.56 Å². The molecule has 1 heterocycles. The lowest BCUT2D eigenvalue weighted by Gasteiger charge is -2.07. The van der Waals surface area contributed by atoms with Crippen LogP contribution in [0.2, 0.25) is 5.02 Å². The Morgan fingerprint density at radius 2 is 1.96 bits per heavy atom. The largest absolute Gasteiger partial charge is 0.325 e. The predicted molar refractivity (Wildman–Crippen MR) is 101 cm³/mol. The van der Waals surface area contributed by atoms with Gasteiger partial charge in [0.1, 0.15) is 0 Å². The Morgan fingerprint density at radius 3 is 2.72 bits per heavy atom. The Balaban J connectivity index is 1.69. The topological polar surface area (TPSA) is 64.0 Å². The smallest absolute Gasteiger partial charge is 0.287 e. The van der Waals surface area contributed by atoms with Gasteiger partial charge in [-0.05, 0) is 30.3 Å². The lowest BCUT2D eigenvalue weighted by molar-refractivity contribution is -0.113. The number of rotatable bonds is 5. The maximum Gasteiger partial charge on any atom is 0.287 e. The molecular formula is C18H14ClN3O2S. The highest BCUT2D eigenvalue weighted by molar-refractivity contribution is 7.99. The highest BCUT2D eigenvalue weighted by atomic mass is 35.5. The number of hydrogen-bond donors (Lipinski definition) is 1. The second-order valence-corrected chi connectivity index (χ2v) is 6.49. The van der Waals surface area contributed by atoms with E-state index in [0.29, 0.717) is 10.7 Å². The Kier molecular flexibility index (Phi) is 5.53. The van der Waals surface area contributed by atoms with Crippen LogP contribution in [-0.4, -0.2) is 21.2 Å². The molecule has 0 bridgehead atoms. The number of benzene rings is 2. The Hall–Kier alpha value is -2.57. The van der Waals surface area contributed by atoms with Gasteiger partial charge in [0.05, 0.1) is 5.75 Å². The molecule has 0 saturated carbocycles. The first-order chi connectivity index (χ1) is 12.1. The highest BCUT2D eigenvalue weighted by Crippen LogP contribution is 2.16. The van der Waals surface area contributed by atoms with E-state index in [2.05, 4.69) is 10.3 Å². The zero-order valence-corrected chi connectivity index (χ0v) is 14.6. The fraction of sp³-hybridized carbons (Fsp3) is 0.0556. The van der Waals surface area contributed by atoms with Crippen LogP contribution >= 0.6 is 23.4 Å². The van der Waals surface area contributed by atoms with E-state index in [0.717, 1.165) is 17.4 Å². The first-order valence-corrected chi connectivity index (χ1v) is 8.81. The van der Waals surface area contributed by atoms with Crippen LogP contribution in [0.5, 0.6) is 0 Å². The third-order valence-corrected chi connectivity index (χ3v) is 4.49. The summed E-state index contributed by atoms with van der Waals surface area (Å²) in [7, 11) is 0. The number of para-hydroxylation sites is 1. The monoisotopic (exact) mass is 371 g/mol. The van der Waals surface area contributed by atoms with Crippen LogP contribution in [0.1, 0.15) is 0 Å². The number of halogens is 1. The van der Waals surface area contributed by atoms with Gasteiger partial charge in [-0.1, -0.05) is 47.6 Å². The van der Waals surface area contributed by atoms with E-state index in [-0.39, 0.29) is 22.2 Å². The van der Waals surface area contributed by atoms with E-state index >= 15 is 0 Å². The van der Waals surface area contributed by atoms with Crippen molar-refractivity contribution in [3.63, 3.8) is 0 Å². The van der Waals surface area contributed by atoms with Crippen molar-refractivity contribution in [2.75, 3.05) is 11.1 Å². The fourth-order valence-corrected chi connectivity index (χ4v) is 3.07. The zero-order chi connectivity index (χ0) is 17.6. The summed E-state index contributed by atoms with van der Waals surface area (Å²) in [6.45, 7) is 0. The summed E-state index contributed by atoms with van der Waals surface area (Å²) in [5, 5.41) is 3.55. The summed E-state index contributed by atoms with van der Waals surface area (Å²) < 4.78 is 1.50. The van der Waals surface area contributed by atoms with Crippen LogP contribution in [0.3, 0.4) is 0 Å². The maximum atomic E-state index is 12.5. The van der Waals surface area contributed by atoms with E-state index in [9.17, 15) is 9.59 Å². The number of anilines is 1. The van der Waals surface area contributed by atoms with E-state index in [1.807, 2.05) is 30.3 Å². The van der Waals surface area contributed by atoms with Crippen molar-refractivity contribution in [1.82, 2.24) is 9.55 Å². The molecule has 0 aliphatic heterocycles. The number of hydrogen-bond acceptors (Lipinski definition) is 4. The molecule has 0 unspecified atom stereocenters. The first-order valence-electron chi connectivity index (χ1n) is 7.45. The molecule has 0 aliphatic rings. The molecule has 2 aromatic carbocycles. The molecule has 126 valence electrons. The molecule has 25 heavy (non-hydrogen) atoms. The molecular weight excluding hydrogens is 358 g/mol. The van der Waals surface area contributed by atoms with Crippen molar-refractivity contribution in [3.05, 3.63) is 82.4 Å². The first kappa shape index (κ1) is 17.3. The molecule has 0 radical (unpaired) electrons. The molecule has 1 amide bonds. The van der Waals surface area contributed by atoms with Gasteiger partial charge >= 0.3 is 0 Å². The second-order valence-electron chi connectivity index (χ2n) is 5.09. The lowest BCUT2D eigenvalue weighted by atomic mass is 10.3. The SMILES string of the molecule is O=C(CSc1nccn(-c2ccccc2)c1=O)Nc1cccc(Cl)c1. The average Bonchev–Trinajstić information content (AvgIpc) is 2.61. The van der Waals surface area contributed by atoms with Crippen LogP contribution in [0.25, 0.3) is 5.69 Å². The van der Waals surface area contributed by atoms with E-state index < -0.39 is 0 Å². The normalized spacial score (nSPS) is 10.4. The maximum absolute atomic E-state index is 12.5. The van der Waals surface area contributed by atoms with Crippen LogP contribution < -0.4 is 10.9 Å². The van der Waals surface area contributed by atoms with Gasteiger partial charge in [-0.3, -0.25) is 14.2 Å². The molecule has 0 aliphatic carbocycles. The minimum atomic E-state index is -0.255. The second kappa shape index (κ2) is 8.00. The summed E-state index contributed by atoms with van der Waals surface area (Å²) in [5.41, 5.74) is 1.11. The average molecular weight is 372 g/mol. The van der Waals surface area contributed by atoms with Crippen LogP contribution in [-0.2, 0) is 4.79 Å². The molecule has 1 N–H and O–H groups in total. The highest BCUT2D eigenvalue weighted by Gasteiger charge is 2.10.